The van der Waals surface area contributed by atoms with Gasteiger partial charge in [0.25, 0.3) is 0 Å². The zero-order chi connectivity index (χ0) is 9.23. The molecule has 0 aromatic carbocycles. The Kier molecular flexibility index (Phi) is 8.81. The lowest BCUT2D eigenvalue weighted by Gasteiger charge is -2.27. The molecule has 0 heterocycles. The van der Waals surface area contributed by atoms with Crippen molar-refractivity contribution in [3.8, 4) is 0 Å². The lowest BCUT2D eigenvalue weighted by Crippen LogP contribution is -2.33. The largest absolute Gasteiger partial charge is 0.748 e. The molecule has 0 unspecified atom stereocenters. The highest BCUT2D eigenvalue weighted by Gasteiger charge is 1.89. The molecule has 12 heavy (non-hydrogen) atoms. The van der Waals surface area contributed by atoms with Gasteiger partial charge in [0.2, 0.25) is 0 Å². The van der Waals surface area contributed by atoms with Gasteiger partial charge in [-0.1, -0.05) is 26.7 Å². The van der Waals surface area contributed by atoms with Crippen molar-refractivity contribution in [1.82, 2.24) is 10.8 Å². The Morgan fingerprint density at radius 3 is 2.50 bits per heavy atom. The summed E-state index contributed by atoms with van der Waals surface area (Å²) >= 11 is 0. The van der Waals surface area contributed by atoms with Gasteiger partial charge in [-0.05, 0) is 12.8 Å². The molecule has 4 nitrogen and oxygen atoms in total. The van der Waals surface area contributed by atoms with Crippen molar-refractivity contribution >= 4 is 0 Å². The van der Waals surface area contributed by atoms with E-state index >= 15 is 0 Å². The Labute approximate surface area is 74.4 Å². The van der Waals surface area contributed by atoms with Gasteiger partial charge in [-0.15, -0.1) is 0 Å². The fourth-order valence-corrected chi connectivity index (χ4v) is 0.685. The van der Waals surface area contributed by atoms with Gasteiger partial charge >= 0.3 is 0 Å². The molecule has 0 bridgehead atoms. The molecule has 0 aliphatic heterocycles. The van der Waals surface area contributed by atoms with Crippen molar-refractivity contribution in [3.63, 3.8) is 0 Å². The Hall–Kier alpha value is -0.160. The first-order valence-corrected chi connectivity index (χ1v) is 4.65. The lowest BCUT2D eigenvalue weighted by molar-refractivity contribution is -0.158. The predicted octanol–water partition coefficient (Wildman–Crippen LogP) is 1.82. The van der Waals surface area contributed by atoms with Crippen LogP contribution in [0.2, 0.25) is 0 Å². The molecule has 0 atom stereocenters. The number of nitrogens with zero attached hydrogens (tertiary/aromatic N) is 1. The fourth-order valence-electron chi connectivity index (χ4n) is 0.685. The van der Waals surface area contributed by atoms with Crippen LogP contribution in [0.3, 0.4) is 0 Å². The smallest absolute Gasteiger partial charge is 0.0689 e. The van der Waals surface area contributed by atoms with E-state index < -0.39 is 0 Å². The van der Waals surface area contributed by atoms with Gasteiger partial charge in [0, 0.05) is 6.54 Å². The lowest BCUT2D eigenvalue weighted by atomic mass is 10.3. The Bertz CT molecular complexity index is 81.1. The highest BCUT2D eigenvalue weighted by molar-refractivity contribution is 4.40. The van der Waals surface area contributed by atoms with Gasteiger partial charge in [0.05, 0.1) is 6.61 Å². The highest BCUT2D eigenvalue weighted by atomic mass is 16.9. The van der Waals surface area contributed by atoms with Gasteiger partial charge in [0.15, 0.2) is 0 Å². The molecule has 0 saturated carbocycles. The highest BCUT2D eigenvalue weighted by Crippen LogP contribution is 1.90. The van der Waals surface area contributed by atoms with E-state index in [0.29, 0.717) is 18.5 Å². The molecule has 0 aliphatic rings. The Morgan fingerprint density at radius 1 is 1.25 bits per heavy atom. The molecule has 0 rings (SSSR count). The molecule has 0 aliphatic carbocycles. The van der Waals surface area contributed by atoms with E-state index in [4.69, 9.17) is 4.84 Å². The molecule has 0 aromatic rings. The minimum Gasteiger partial charge on any atom is -0.748 e. The Morgan fingerprint density at radius 2 is 1.92 bits per heavy atom. The number of hydrogen-bond donors (Lipinski definition) is 1. The number of hydrogen-bond acceptors (Lipinski definition) is 4. The van der Waals surface area contributed by atoms with Gasteiger partial charge in [-0.3, -0.25) is 4.84 Å². The first-order chi connectivity index (χ1) is 5.81. The van der Waals surface area contributed by atoms with Crippen LogP contribution in [0.15, 0.2) is 0 Å². The zero-order valence-electron chi connectivity index (χ0n) is 8.01. The van der Waals surface area contributed by atoms with Crippen LogP contribution in [-0.2, 0) is 4.84 Å². The van der Waals surface area contributed by atoms with Crippen LogP contribution in [-0.4, -0.2) is 18.5 Å². The van der Waals surface area contributed by atoms with Crippen LogP contribution >= 0.6 is 0 Å². The van der Waals surface area contributed by atoms with Crippen LogP contribution in [0.4, 0.5) is 0 Å². The van der Waals surface area contributed by atoms with Crippen LogP contribution < -0.4 is 5.43 Å². The van der Waals surface area contributed by atoms with Gasteiger partial charge in [0.1, 0.15) is 0 Å². The number of rotatable bonds is 8. The molecule has 1 N–H and O–H groups in total. The maximum Gasteiger partial charge on any atom is 0.0689 e. The third-order valence-corrected chi connectivity index (χ3v) is 1.48. The van der Waals surface area contributed by atoms with Crippen molar-refractivity contribution in [2.75, 3.05) is 13.2 Å². The molecule has 0 radical (unpaired) electrons. The topological polar surface area (TPSA) is 47.6 Å². The monoisotopic (exact) mass is 175 g/mol. The van der Waals surface area contributed by atoms with E-state index in [1.54, 1.807) is 0 Å². The minimum absolute atomic E-state index is 0.464. The van der Waals surface area contributed by atoms with Crippen LogP contribution in [0.25, 0.3) is 0 Å². The fraction of sp³-hybridized carbons (Fsp3) is 1.00. The molecule has 0 amide bonds. The van der Waals surface area contributed by atoms with Gasteiger partial charge in [-0.25, -0.2) is 5.43 Å². The molecule has 0 saturated heterocycles. The summed E-state index contributed by atoms with van der Waals surface area (Å²) in [4.78, 5) is 4.80. The van der Waals surface area contributed by atoms with Crippen molar-refractivity contribution in [2.45, 2.75) is 39.5 Å². The summed E-state index contributed by atoms with van der Waals surface area (Å²) in [7, 11) is 0. The SMILES string of the molecule is CCCCNN([O-])OCCCC. The molecular weight excluding hydrogens is 156 g/mol. The number of hydrazine groups is 1. The average Bonchev–Trinajstić information content (AvgIpc) is 2.06. The van der Waals surface area contributed by atoms with Crippen LogP contribution in [0, 0.1) is 5.21 Å². The second kappa shape index (κ2) is 8.93. The van der Waals surface area contributed by atoms with E-state index in [9.17, 15) is 5.21 Å². The molecule has 0 aromatic heterocycles. The third kappa shape index (κ3) is 7.94. The van der Waals surface area contributed by atoms with Crippen molar-refractivity contribution < 1.29 is 4.84 Å². The van der Waals surface area contributed by atoms with Gasteiger partial charge < -0.3 is 5.21 Å². The van der Waals surface area contributed by atoms with E-state index in [0.717, 1.165) is 25.7 Å². The summed E-state index contributed by atoms with van der Waals surface area (Å²) in [6.07, 6.45) is 4.04. The van der Waals surface area contributed by atoms with Crippen molar-refractivity contribution in [2.24, 2.45) is 0 Å². The quantitative estimate of drug-likeness (QED) is 0.451. The number of unbranched alkanes of at least 4 members (excludes halogenated alkanes) is 2. The third-order valence-electron chi connectivity index (χ3n) is 1.48. The summed E-state index contributed by atoms with van der Waals surface area (Å²) in [5, 5.41) is 11.2. The maximum absolute atomic E-state index is 10.8. The second-order valence-corrected chi connectivity index (χ2v) is 2.71. The van der Waals surface area contributed by atoms with E-state index in [1.807, 2.05) is 0 Å². The first-order valence-electron chi connectivity index (χ1n) is 4.65. The van der Waals surface area contributed by atoms with E-state index in [1.165, 1.54) is 0 Å². The summed E-state index contributed by atoms with van der Waals surface area (Å²) in [5.74, 6) is 0. The zero-order valence-corrected chi connectivity index (χ0v) is 8.01. The summed E-state index contributed by atoms with van der Waals surface area (Å²) in [6, 6.07) is 0. The molecule has 4 heteroatoms. The van der Waals surface area contributed by atoms with Crippen LogP contribution in [0.5, 0.6) is 0 Å². The molecule has 74 valence electrons. The van der Waals surface area contributed by atoms with E-state index in [2.05, 4.69) is 19.3 Å². The summed E-state index contributed by atoms with van der Waals surface area (Å²) in [5.41, 5.74) is 2.60. The first kappa shape index (κ1) is 11.8. The maximum atomic E-state index is 10.8. The average molecular weight is 175 g/mol. The summed E-state index contributed by atoms with van der Waals surface area (Å²) < 4.78 is 0. The van der Waals surface area contributed by atoms with Crippen molar-refractivity contribution in [1.29, 1.82) is 0 Å². The molecular formula is C8H19N2O2-. The predicted molar refractivity (Wildman–Crippen MR) is 49.0 cm³/mol. The molecule has 0 fully saturated rings. The normalized spacial score (nSPS) is 11.0. The molecule has 0 spiro atoms. The van der Waals surface area contributed by atoms with E-state index in [-0.39, 0.29) is 0 Å². The van der Waals surface area contributed by atoms with Crippen molar-refractivity contribution in [3.05, 3.63) is 5.21 Å². The van der Waals surface area contributed by atoms with Crippen LogP contribution in [0.1, 0.15) is 39.5 Å². The van der Waals surface area contributed by atoms with Gasteiger partial charge in [-0.2, -0.15) is 5.34 Å². The Balaban J connectivity index is 3.04. The second-order valence-electron chi connectivity index (χ2n) is 2.71. The summed E-state index contributed by atoms with van der Waals surface area (Å²) in [6.45, 7) is 5.32. The minimum atomic E-state index is 0.464. The number of nitrogens with one attached hydrogen (secondary N) is 1. The standard InChI is InChI=1S/C8H19N2O2/c1-3-5-7-9-10(11)12-8-6-4-2/h9H,3-8H2,1-2H3/q-1.